The topological polar surface area (TPSA) is 55.5 Å². The normalized spacial score (nSPS) is 15.0. The smallest absolute Gasteiger partial charge is 0.123 e. The van der Waals surface area contributed by atoms with Crippen molar-refractivity contribution in [3.05, 3.63) is 29.3 Å². The molecule has 0 aliphatic rings. The van der Waals surface area contributed by atoms with E-state index in [0.717, 1.165) is 18.8 Å². The SMILES string of the molecule is CC(C)COc1ccc(CCC(O)C(C)N)cc1C(C)(C)C. The Morgan fingerprint density at radius 1 is 1.18 bits per heavy atom. The Morgan fingerprint density at radius 2 is 1.82 bits per heavy atom. The van der Waals surface area contributed by atoms with Gasteiger partial charge in [-0.05, 0) is 48.3 Å². The van der Waals surface area contributed by atoms with E-state index >= 15 is 0 Å². The Morgan fingerprint density at radius 3 is 2.32 bits per heavy atom. The van der Waals surface area contributed by atoms with Gasteiger partial charge in [0.25, 0.3) is 0 Å². The van der Waals surface area contributed by atoms with Crippen molar-refractivity contribution in [2.24, 2.45) is 11.7 Å². The molecule has 1 aromatic rings. The molecule has 0 radical (unpaired) electrons. The summed E-state index contributed by atoms with van der Waals surface area (Å²) in [5.41, 5.74) is 8.20. The zero-order valence-corrected chi connectivity index (χ0v) is 15.0. The monoisotopic (exact) mass is 307 g/mol. The van der Waals surface area contributed by atoms with Crippen LogP contribution in [0.3, 0.4) is 0 Å². The fourth-order valence-corrected chi connectivity index (χ4v) is 2.28. The van der Waals surface area contributed by atoms with E-state index in [1.165, 1.54) is 11.1 Å². The highest BCUT2D eigenvalue weighted by atomic mass is 16.5. The first-order valence-electron chi connectivity index (χ1n) is 8.31. The number of hydrogen-bond acceptors (Lipinski definition) is 3. The molecule has 22 heavy (non-hydrogen) atoms. The first-order chi connectivity index (χ1) is 10.1. The molecule has 1 rings (SSSR count). The van der Waals surface area contributed by atoms with E-state index in [1.807, 2.05) is 6.92 Å². The van der Waals surface area contributed by atoms with Gasteiger partial charge in [-0.15, -0.1) is 0 Å². The standard InChI is InChI=1S/C19H33NO2/c1-13(2)12-22-18-10-8-15(7-9-17(21)14(3)20)11-16(18)19(4,5)6/h8,10-11,13-14,17,21H,7,9,12,20H2,1-6H3. The molecule has 0 saturated heterocycles. The van der Waals surface area contributed by atoms with Crippen LogP contribution < -0.4 is 10.5 Å². The van der Waals surface area contributed by atoms with Crippen LogP contribution >= 0.6 is 0 Å². The molecule has 1 aromatic carbocycles. The minimum atomic E-state index is -0.449. The number of hydrogen-bond donors (Lipinski definition) is 2. The molecule has 3 N–H and O–H groups in total. The predicted molar refractivity (Wildman–Crippen MR) is 93.5 cm³/mol. The number of benzene rings is 1. The molecule has 0 aliphatic heterocycles. The Bertz CT molecular complexity index is 461. The van der Waals surface area contributed by atoms with Gasteiger partial charge >= 0.3 is 0 Å². The summed E-state index contributed by atoms with van der Waals surface area (Å²) in [5.74, 6) is 1.48. The minimum Gasteiger partial charge on any atom is -0.493 e. The van der Waals surface area contributed by atoms with Gasteiger partial charge in [0.2, 0.25) is 0 Å². The van der Waals surface area contributed by atoms with Crippen molar-refractivity contribution in [3.63, 3.8) is 0 Å². The summed E-state index contributed by atoms with van der Waals surface area (Å²) in [7, 11) is 0. The first-order valence-corrected chi connectivity index (χ1v) is 8.31. The summed E-state index contributed by atoms with van der Waals surface area (Å²) in [6, 6.07) is 6.19. The van der Waals surface area contributed by atoms with E-state index < -0.39 is 6.10 Å². The lowest BCUT2D eigenvalue weighted by Gasteiger charge is -2.24. The van der Waals surface area contributed by atoms with Gasteiger partial charge in [0.1, 0.15) is 5.75 Å². The van der Waals surface area contributed by atoms with Crippen LogP contribution in [0, 0.1) is 5.92 Å². The molecule has 0 heterocycles. The van der Waals surface area contributed by atoms with Crippen LogP contribution in [-0.2, 0) is 11.8 Å². The van der Waals surface area contributed by atoms with Crippen molar-refractivity contribution in [2.45, 2.75) is 71.9 Å². The Balaban J connectivity index is 2.90. The van der Waals surface area contributed by atoms with Gasteiger partial charge in [0, 0.05) is 6.04 Å². The maximum absolute atomic E-state index is 9.87. The van der Waals surface area contributed by atoms with Gasteiger partial charge in [-0.2, -0.15) is 0 Å². The number of aliphatic hydroxyl groups excluding tert-OH is 1. The van der Waals surface area contributed by atoms with Gasteiger partial charge in [0.15, 0.2) is 0 Å². The molecule has 0 aliphatic carbocycles. The van der Waals surface area contributed by atoms with Crippen molar-refractivity contribution in [3.8, 4) is 5.75 Å². The van der Waals surface area contributed by atoms with E-state index in [9.17, 15) is 5.11 Å². The van der Waals surface area contributed by atoms with Crippen LogP contribution in [0.1, 0.15) is 59.1 Å². The molecule has 2 unspecified atom stereocenters. The summed E-state index contributed by atoms with van der Waals surface area (Å²) in [4.78, 5) is 0. The molecule has 0 saturated carbocycles. The molecular weight excluding hydrogens is 274 g/mol. The van der Waals surface area contributed by atoms with E-state index in [0.29, 0.717) is 12.3 Å². The molecule has 0 bridgehead atoms. The highest BCUT2D eigenvalue weighted by molar-refractivity contribution is 5.41. The Labute approximate surface area is 135 Å². The Hall–Kier alpha value is -1.06. The van der Waals surface area contributed by atoms with Crippen molar-refractivity contribution >= 4 is 0 Å². The van der Waals surface area contributed by atoms with Crippen molar-refractivity contribution < 1.29 is 9.84 Å². The summed E-state index contributed by atoms with van der Waals surface area (Å²) in [5, 5.41) is 9.87. The van der Waals surface area contributed by atoms with E-state index in [2.05, 4.69) is 52.8 Å². The summed E-state index contributed by atoms with van der Waals surface area (Å²) >= 11 is 0. The molecule has 0 spiro atoms. The Kier molecular flexibility index (Phi) is 6.89. The lowest BCUT2D eigenvalue weighted by atomic mass is 9.84. The molecule has 2 atom stereocenters. The third-order valence-electron chi connectivity index (χ3n) is 3.76. The van der Waals surface area contributed by atoms with E-state index in [-0.39, 0.29) is 11.5 Å². The van der Waals surface area contributed by atoms with Gasteiger partial charge in [0.05, 0.1) is 12.7 Å². The minimum absolute atomic E-state index is 0.0299. The van der Waals surface area contributed by atoms with Crippen molar-refractivity contribution in [1.82, 2.24) is 0 Å². The molecule has 3 nitrogen and oxygen atoms in total. The highest BCUT2D eigenvalue weighted by Crippen LogP contribution is 2.33. The van der Waals surface area contributed by atoms with Crippen LogP contribution in [0.4, 0.5) is 0 Å². The fraction of sp³-hybridized carbons (Fsp3) is 0.684. The van der Waals surface area contributed by atoms with Crippen molar-refractivity contribution in [2.75, 3.05) is 6.61 Å². The van der Waals surface area contributed by atoms with Gasteiger partial charge in [-0.1, -0.05) is 46.8 Å². The van der Waals surface area contributed by atoms with Crippen molar-refractivity contribution in [1.29, 1.82) is 0 Å². The highest BCUT2D eigenvalue weighted by Gasteiger charge is 2.20. The molecule has 0 amide bonds. The summed E-state index contributed by atoms with van der Waals surface area (Å²) < 4.78 is 5.97. The zero-order valence-electron chi connectivity index (χ0n) is 15.0. The maximum atomic E-state index is 9.87. The number of rotatable bonds is 7. The van der Waals surface area contributed by atoms with E-state index in [4.69, 9.17) is 10.5 Å². The molecular formula is C19H33NO2. The summed E-state index contributed by atoms with van der Waals surface area (Å²) in [6.07, 6.45) is 1.07. The number of aliphatic hydroxyl groups is 1. The maximum Gasteiger partial charge on any atom is 0.123 e. The zero-order chi connectivity index (χ0) is 16.9. The predicted octanol–water partition coefficient (Wildman–Crippen LogP) is 3.66. The third kappa shape index (κ3) is 5.98. The lowest BCUT2D eigenvalue weighted by Crippen LogP contribution is -2.31. The van der Waals surface area contributed by atoms with E-state index in [1.54, 1.807) is 0 Å². The fourth-order valence-electron chi connectivity index (χ4n) is 2.28. The van der Waals surface area contributed by atoms with Crippen LogP contribution in [0.25, 0.3) is 0 Å². The van der Waals surface area contributed by atoms with Gasteiger partial charge in [-0.3, -0.25) is 0 Å². The molecule has 0 aromatic heterocycles. The first kappa shape index (κ1) is 19.0. The second kappa shape index (κ2) is 7.98. The average molecular weight is 307 g/mol. The van der Waals surface area contributed by atoms with Gasteiger partial charge in [-0.25, -0.2) is 0 Å². The quantitative estimate of drug-likeness (QED) is 0.808. The number of aryl methyl sites for hydroxylation is 1. The third-order valence-corrected chi connectivity index (χ3v) is 3.76. The summed E-state index contributed by atoms with van der Waals surface area (Å²) in [6.45, 7) is 13.5. The van der Waals surface area contributed by atoms with Crippen LogP contribution in [-0.4, -0.2) is 23.9 Å². The largest absolute Gasteiger partial charge is 0.493 e. The van der Waals surface area contributed by atoms with Crippen LogP contribution in [0.15, 0.2) is 18.2 Å². The number of ether oxygens (including phenoxy) is 1. The molecule has 0 fully saturated rings. The van der Waals surface area contributed by atoms with Gasteiger partial charge < -0.3 is 15.6 Å². The second-order valence-electron chi connectivity index (χ2n) is 7.75. The van der Waals surface area contributed by atoms with Crippen LogP contribution in [0.5, 0.6) is 5.75 Å². The second-order valence-corrected chi connectivity index (χ2v) is 7.75. The number of nitrogens with two attached hydrogens (primary N) is 1. The lowest BCUT2D eigenvalue weighted by molar-refractivity contribution is 0.141. The molecule has 126 valence electrons. The average Bonchev–Trinajstić information content (AvgIpc) is 2.41. The van der Waals surface area contributed by atoms with Crippen LogP contribution in [0.2, 0.25) is 0 Å². The molecule has 3 heteroatoms.